The van der Waals surface area contributed by atoms with Crippen molar-refractivity contribution in [3.8, 4) is 0 Å². The highest BCUT2D eigenvalue weighted by Crippen LogP contribution is 2.39. The summed E-state index contributed by atoms with van der Waals surface area (Å²) in [6.45, 7) is 11.7. The molecule has 1 fully saturated rings. The van der Waals surface area contributed by atoms with Gasteiger partial charge in [-0.3, -0.25) is 14.4 Å². The van der Waals surface area contributed by atoms with Gasteiger partial charge < -0.3 is 15.5 Å². The zero-order valence-electron chi connectivity index (χ0n) is 15.7. The number of carbonyl (C=O) groups is 2. The first-order valence-electron chi connectivity index (χ1n) is 8.40. The molecule has 1 aliphatic heterocycles. The number of aliphatic hydroxyl groups is 1. The summed E-state index contributed by atoms with van der Waals surface area (Å²) in [6.07, 6.45) is 1.19. The number of hydrogen-bond acceptors (Lipinski definition) is 5. The Balaban J connectivity index is 2.72. The largest absolute Gasteiger partial charge is 0.481 e. The van der Waals surface area contributed by atoms with Crippen LogP contribution >= 0.6 is 0 Å². The fourth-order valence-corrected chi connectivity index (χ4v) is 3.46. The molecule has 0 radical (unpaired) electrons. The first-order valence-corrected chi connectivity index (χ1v) is 8.40. The quantitative estimate of drug-likeness (QED) is 0.650. The maximum absolute atomic E-state index is 11.9. The number of aliphatic carboxylic acids is 1. The molecule has 1 amide bonds. The molecule has 0 saturated carbocycles. The Labute approximate surface area is 144 Å². The third kappa shape index (κ3) is 6.37. The lowest BCUT2D eigenvalue weighted by Gasteiger charge is -2.54. The highest BCUT2D eigenvalue weighted by molar-refractivity contribution is 5.80. The fourth-order valence-electron chi connectivity index (χ4n) is 3.46. The summed E-state index contributed by atoms with van der Waals surface area (Å²) in [5, 5.41) is 23.4. The minimum Gasteiger partial charge on any atom is -0.481 e. The maximum Gasteiger partial charge on any atom is 0.303 e. The second-order valence-corrected chi connectivity index (χ2v) is 8.57. The van der Waals surface area contributed by atoms with Crippen LogP contribution in [0.25, 0.3) is 0 Å². The number of rotatable bonds is 7. The number of hydroxylamine groups is 2. The summed E-state index contributed by atoms with van der Waals surface area (Å²) in [7, 11) is 0. The van der Waals surface area contributed by atoms with E-state index in [1.165, 1.54) is 0 Å². The molecule has 0 aromatic rings. The first kappa shape index (κ1) is 20.9. The Bertz CT molecular complexity index is 450. The number of carboxylic acid groups (broad SMARTS) is 1. The van der Waals surface area contributed by atoms with Crippen LogP contribution in [0.3, 0.4) is 0 Å². The van der Waals surface area contributed by atoms with Crippen molar-refractivity contribution in [1.29, 1.82) is 0 Å². The molecular formula is C17H32N2O5. The summed E-state index contributed by atoms with van der Waals surface area (Å²) < 4.78 is 0. The van der Waals surface area contributed by atoms with E-state index in [4.69, 9.17) is 9.94 Å². The molecule has 0 bridgehead atoms. The molecule has 1 rings (SSSR count). The summed E-state index contributed by atoms with van der Waals surface area (Å²) in [6, 6.07) is -0.0433. The highest BCUT2D eigenvalue weighted by Gasteiger charge is 2.47. The highest BCUT2D eigenvalue weighted by atomic mass is 16.7. The Morgan fingerprint density at radius 1 is 1.17 bits per heavy atom. The molecule has 0 spiro atoms. The van der Waals surface area contributed by atoms with Crippen molar-refractivity contribution in [1.82, 2.24) is 10.4 Å². The van der Waals surface area contributed by atoms with Gasteiger partial charge in [-0.15, -0.1) is 0 Å². The second kappa shape index (κ2) is 7.37. The van der Waals surface area contributed by atoms with Gasteiger partial charge in [-0.2, -0.15) is 5.06 Å². The van der Waals surface area contributed by atoms with Gasteiger partial charge in [0.1, 0.15) is 0 Å². The van der Waals surface area contributed by atoms with Gasteiger partial charge in [0.05, 0.1) is 18.6 Å². The lowest BCUT2D eigenvalue weighted by Crippen LogP contribution is -2.64. The van der Waals surface area contributed by atoms with E-state index >= 15 is 0 Å². The van der Waals surface area contributed by atoms with Crippen molar-refractivity contribution in [3.05, 3.63) is 0 Å². The molecule has 1 heterocycles. The third-order valence-corrected chi connectivity index (χ3v) is 4.07. The zero-order valence-corrected chi connectivity index (χ0v) is 15.7. The molecule has 3 N–H and O–H groups in total. The molecule has 1 saturated heterocycles. The minimum atomic E-state index is -0.972. The Morgan fingerprint density at radius 2 is 1.67 bits per heavy atom. The molecule has 7 nitrogen and oxygen atoms in total. The van der Waals surface area contributed by atoms with Crippen LogP contribution in [0.2, 0.25) is 0 Å². The maximum atomic E-state index is 11.9. The minimum absolute atomic E-state index is 0.00833. The van der Waals surface area contributed by atoms with E-state index in [-0.39, 0.29) is 42.5 Å². The molecule has 140 valence electrons. The number of nitrogens with zero attached hydrogens (tertiary/aromatic N) is 1. The van der Waals surface area contributed by atoms with Crippen LogP contribution in [-0.2, 0) is 14.4 Å². The van der Waals surface area contributed by atoms with Crippen molar-refractivity contribution in [3.63, 3.8) is 0 Å². The molecule has 0 aromatic heterocycles. The summed E-state index contributed by atoms with van der Waals surface area (Å²) in [4.78, 5) is 28.4. The molecule has 7 heteroatoms. The van der Waals surface area contributed by atoms with Gasteiger partial charge in [0, 0.05) is 23.5 Å². The molecule has 0 atom stereocenters. The van der Waals surface area contributed by atoms with Crippen LogP contribution in [-0.4, -0.2) is 56.5 Å². The Hall–Kier alpha value is -1.18. The van der Waals surface area contributed by atoms with Crippen LogP contribution in [0.1, 0.15) is 67.2 Å². The van der Waals surface area contributed by atoms with Crippen molar-refractivity contribution in [2.45, 2.75) is 89.9 Å². The Morgan fingerprint density at radius 3 is 2.08 bits per heavy atom. The monoisotopic (exact) mass is 344 g/mol. The lowest BCUT2D eigenvalue weighted by atomic mass is 9.79. The van der Waals surface area contributed by atoms with Crippen LogP contribution in [0.15, 0.2) is 0 Å². The lowest BCUT2D eigenvalue weighted by molar-refractivity contribution is -0.299. The van der Waals surface area contributed by atoms with E-state index in [2.05, 4.69) is 5.32 Å². The van der Waals surface area contributed by atoms with Crippen LogP contribution < -0.4 is 5.32 Å². The van der Waals surface area contributed by atoms with E-state index in [0.29, 0.717) is 12.8 Å². The van der Waals surface area contributed by atoms with Gasteiger partial charge in [-0.25, -0.2) is 0 Å². The van der Waals surface area contributed by atoms with Gasteiger partial charge >= 0.3 is 5.97 Å². The van der Waals surface area contributed by atoms with Gasteiger partial charge in [0.2, 0.25) is 5.91 Å². The van der Waals surface area contributed by atoms with E-state index in [0.717, 1.165) is 0 Å². The number of piperidine rings is 1. The molecule has 0 aliphatic carbocycles. The second-order valence-electron chi connectivity index (χ2n) is 8.57. The molecule has 0 unspecified atom stereocenters. The summed E-state index contributed by atoms with van der Waals surface area (Å²) in [5.74, 6) is -1.21. The predicted octanol–water partition coefficient (Wildman–Crippen LogP) is 1.69. The van der Waals surface area contributed by atoms with Gasteiger partial charge in [-0.05, 0) is 54.4 Å². The molecule has 24 heavy (non-hydrogen) atoms. The number of nitrogens with one attached hydrogen (secondary N) is 1. The summed E-state index contributed by atoms with van der Waals surface area (Å²) in [5.41, 5.74) is -1.59. The zero-order chi connectivity index (χ0) is 18.8. The summed E-state index contributed by atoms with van der Waals surface area (Å²) >= 11 is 0. The first-order chi connectivity index (χ1) is 10.7. The van der Waals surface area contributed by atoms with E-state index in [1.807, 2.05) is 32.8 Å². The van der Waals surface area contributed by atoms with Crippen LogP contribution in [0.4, 0.5) is 0 Å². The van der Waals surface area contributed by atoms with Gasteiger partial charge in [0.15, 0.2) is 0 Å². The smallest absolute Gasteiger partial charge is 0.303 e. The fraction of sp³-hybridized carbons (Fsp3) is 0.882. The van der Waals surface area contributed by atoms with Gasteiger partial charge in [-0.1, -0.05) is 0 Å². The number of carboxylic acids is 1. The molecule has 0 aromatic carbocycles. The third-order valence-electron chi connectivity index (χ3n) is 4.07. The number of amides is 1. The number of carbonyl (C=O) groups excluding carboxylic acids is 1. The topological polar surface area (TPSA) is 99.1 Å². The molecule has 1 aliphatic rings. The SMILES string of the molecule is CC(C)(O)CON1C(C)(C)CC(NC(=O)CCC(=O)O)CC1(C)C. The predicted molar refractivity (Wildman–Crippen MR) is 90.3 cm³/mol. The standard InChI is InChI=1S/C17H32N2O5/c1-15(2)9-12(18-13(20)7-8-14(21)22)10-16(3,4)19(15)24-11-17(5,6)23/h12,23H,7-11H2,1-6H3,(H,18,20)(H,21,22). The Kier molecular flexibility index (Phi) is 6.41. The van der Waals surface area contributed by atoms with Crippen molar-refractivity contribution >= 4 is 11.9 Å². The van der Waals surface area contributed by atoms with Crippen molar-refractivity contribution < 1.29 is 24.6 Å². The average Bonchev–Trinajstić information content (AvgIpc) is 2.31. The van der Waals surface area contributed by atoms with E-state index in [1.54, 1.807) is 13.8 Å². The van der Waals surface area contributed by atoms with Gasteiger partial charge in [0.25, 0.3) is 0 Å². The van der Waals surface area contributed by atoms with E-state index < -0.39 is 11.6 Å². The number of hydrogen-bond donors (Lipinski definition) is 3. The van der Waals surface area contributed by atoms with Crippen molar-refractivity contribution in [2.24, 2.45) is 0 Å². The van der Waals surface area contributed by atoms with Crippen LogP contribution in [0, 0.1) is 0 Å². The van der Waals surface area contributed by atoms with Crippen LogP contribution in [0.5, 0.6) is 0 Å². The normalized spacial score (nSPS) is 21.5. The van der Waals surface area contributed by atoms with E-state index in [9.17, 15) is 14.7 Å². The van der Waals surface area contributed by atoms with Crippen molar-refractivity contribution in [2.75, 3.05) is 6.61 Å². The molecular weight excluding hydrogens is 312 g/mol. The average molecular weight is 344 g/mol.